The van der Waals surface area contributed by atoms with Crippen molar-refractivity contribution in [3.05, 3.63) is 65.4 Å². The van der Waals surface area contributed by atoms with Crippen molar-refractivity contribution in [2.45, 2.75) is 27.2 Å². The van der Waals surface area contributed by atoms with E-state index < -0.39 is 0 Å². The van der Waals surface area contributed by atoms with Crippen LogP contribution >= 0.6 is 0 Å². The first-order valence-electron chi connectivity index (χ1n) is 7.94. The molecule has 0 unspecified atom stereocenters. The molecular formula is C20H22N2O. The van der Waals surface area contributed by atoms with Gasteiger partial charge in [-0.25, -0.2) is 4.68 Å². The first-order chi connectivity index (χ1) is 11.2. The zero-order valence-corrected chi connectivity index (χ0v) is 14.1. The molecule has 0 bridgehead atoms. The van der Waals surface area contributed by atoms with Crippen molar-refractivity contribution in [3.8, 4) is 22.7 Å². The average molecular weight is 306 g/mol. The summed E-state index contributed by atoms with van der Waals surface area (Å²) in [5.74, 6) is 0.865. The van der Waals surface area contributed by atoms with E-state index in [4.69, 9.17) is 9.84 Å². The molecule has 0 atom stereocenters. The van der Waals surface area contributed by atoms with E-state index in [-0.39, 0.29) is 0 Å². The van der Waals surface area contributed by atoms with Crippen LogP contribution in [0.3, 0.4) is 0 Å². The molecule has 1 heterocycles. The van der Waals surface area contributed by atoms with Gasteiger partial charge in [0.25, 0.3) is 0 Å². The first-order valence-corrected chi connectivity index (χ1v) is 7.94. The van der Waals surface area contributed by atoms with Crippen LogP contribution in [0.15, 0.2) is 48.5 Å². The highest BCUT2D eigenvalue weighted by Crippen LogP contribution is 2.31. The number of methoxy groups -OCH3 is 1. The molecule has 0 radical (unpaired) electrons. The Morgan fingerprint density at radius 3 is 2.30 bits per heavy atom. The van der Waals surface area contributed by atoms with Gasteiger partial charge in [-0.05, 0) is 61.7 Å². The molecule has 0 aliphatic rings. The number of aryl methyl sites for hydroxylation is 2. The molecule has 1 aromatic heterocycles. The van der Waals surface area contributed by atoms with Gasteiger partial charge >= 0.3 is 0 Å². The molecular weight excluding hydrogens is 284 g/mol. The summed E-state index contributed by atoms with van der Waals surface area (Å²) in [5, 5.41) is 4.86. The summed E-state index contributed by atoms with van der Waals surface area (Å²) in [6.45, 7) is 6.42. The number of nitrogens with zero attached hydrogens (tertiary/aromatic N) is 2. The quantitative estimate of drug-likeness (QED) is 0.697. The monoisotopic (exact) mass is 306 g/mol. The van der Waals surface area contributed by atoms with Gasteiger partial charge in [-0.3, -0.25) is 0 Å². The lowest BCUT2D eigenvalue weighted by Gasteiger charge is -2.11. The Balaban J connectivity index is 2.22. The highest BCUT2D eigenvalue weighted by atomic mass is 16.5. The molecule has 23 heavy (non-hydrogen) atoms. The van der Waals surface area contributed by atoms with Crippen molar-refractivity contribution >= 4 is 0 Å². The summed E-state index contributed by atoms with van der Waals surface area (Å²) in [4.78, 5) is 0. The lowest BCUT2D eigenvalue weighted by molar-refractivity contribution is 0.415. The molecule has 0 amide bonds. The minimum Gasteiger partial charge on any atom is -0.497 e. The Kier molecular flexibility index (Phi) is 4.20. The third-order valence-electron chi connectivity index (χ3n) is 4.26. The second kappa shape index (κ2) is 6.29. The van der Waals surface area contributed by atoms with E-state index in [0.717, 1.165) is 34.8 Å². The predicted octanol–water partition coefficient (Wildman–Crippen LogP) is 4.73. The van der Waals surface area contributed by atoms with Crippen molar-refractivity contribution < 1.29 is 4.74 Å². The Bertz CT molecular complexity index is 816. The van der Waals surface area contributed by atoms with E-state index in [9.17, 15) is 0 Å². The molecule has 3 heteroatoms. The smallest absolute Gasteiger partial charge is 0.118 e. The second-order valence-electron chi connectivity index (χ2n) is 5.70. The number of hydrogen-bond donors (Lipinski definition) is 0. The largest absolute Gasteiger partial charge is 0.497 e. The molecule has 3 rings (SSSR count). The third-order valence-corrected chi connectivity index (χ3v) is 4.26. The molecule has 0 saturated heterocycles. The van der Waals surface area contributed by atoms with E-state index in [0.29, 0.717) is 0 Å². The number of hydrogen-bond acceptors (Lipinski definition) is 2. The molecule has 0 spiro atoms. The van der Waals surface area contributed by atoms with Crippen LogP contribution in [-0.4, -0.2) is 16.9 Å². The lowest BCUT2D eigenvalue weighted by atomic mass is 10.1. The van der Waals surface area contributed by atoms with Gasteiger partial charge in [0, 0.05) is 5.56 Å². The van der Waals surface area contributed by atoms with E-state index >= 15 is 0 Å². The number of rotatable bonds is 4. The van der Waals surface area contributed by atoms with Crippen LogP contribution in [-0.2, 0) is 6.42 Å². The summed E-state index contributed by atoms with van der Waals surface area (Å²) in [6.07, 6.45) is 0.924. The SMILES string of the molecule is CCc1nn(-c2ccccc2C)c(-c2ccc(OC)cc2)c1C. The maximum atomic E-state index is 5.27. The number of para-hydroxylation sites is 1. The third kappa shape index (κ3) is 2.74. The van der Waals surface area contributed by atoms with Gasteiger partial charge in [-0.15, -0.1) is 0 Å². The lowest BCUT2D eigenvalue weighted by Crippen LogP contribution is -2.02. The fraction of sp³-hybridized carbons (Fsp3) is 0.250. The Hall–Kier alpha value is -2.55. The van der Waals surface area contributed by atoms with Gasteiger partial charge in [0.05, 0.1) is 24.2 Å². The highest BCUT2D eigenvalue weighted by Gasteiger charge is 2.17. The average Bonchev–Trinajstić information content (AvgIpc) is 2.92. The van der Waals surface area contributed by atoms with Crippen LogP contribution in [0.25, 0.3) is 16.9 Å². The number of ether oxygens (including phenoxy) is 1. The van der Waals surface area contributed by atoms with Crippen LogP contribution in [0.2, 0.25) is 0 Å². The van der Waals surface area contributed by atoms with Crippen molar-refractivity contribution in [2.24, 2.45) is 0 Å². The van der Waals surface area contributed by atoms with Gasteiger partial charge in [-0.2, -0.15) is 5.10 Å². The van der Waals surface area contributed by atoms with Crippen molar-refractivity contribution in [1.82, 2.24) is 9.78 Å². The van der Waals surface area contributed by atoms with Crippen LogP contribution in [0.5, 0.6) is 5.75 Å². The van der Waals surface area contributed by atoms with Crippen LogP contribution in [0.1, 0.15) is 23.7 Å². The van der Waals surface area contributed by atoms with Crippen molar-refractivity contribution in [1.29, 1.82) is 0 Å². The molecule has 0 aliphatic carbocycles. The standard InChI is InChI=1S/C20H22N2O/c1-5-18-15(3)20(16-10-12-17(23-4)13-11-16)22(21-18)19-9-7-6-8-14(19)2/h6-13H,5H2,1-4H3. The minimum absolute atomic E-state index is 0.865. The summed E-state index contributed by atoms with van der Waals surface area (Å²) in [7, 11) is 1.69. The van der Waals surface area contributed by atoms with E-state index in [2.05, 4.69) is 61.9 Å². The maximum Gasteiger partial charge on any atom is 0.118 e. The van der Waals surface area contributed by atoms with Gasteiger partial charge in [0.1, 0.15) is 5.75 Å². The second-order valence-corrected chi connectivity index (χ2v) is 5.70. The van der Waals surface area contributed by atoms with Gasteiger partial charge in [0.15, 0.2) is 0 Å². The predicted molar refractivity (Wildman–Crippen MR) is 94.4 cm³/mol. The molecule has 0 saturated carbocycles. The van der Waals surface area contributed by atoms with Crippen molar-refractivity contribution in [3.63, 3.8) is 0 Å². The zero-order valence-electron chi connectivity index (χ0n) is 14.1. The highest BCUT2D eigenvalue weighted by molar-refractivity contribution is 5.68. The van der Waals surface area contributed by atoms with E-state index in [1.165, 1.54) is 11.1 Å². The Morgan fingerprint density at radius 1 is 1.00 bits per heavy atom. The fourth-order valence-electron chi connectivity index (χ4n) is 2.94. The minimum atomic E-state index is 0.865. The summed E-state index contributed by atoms with van der Waals surface area (Å²) in [6, 6.07) is 16.5. The van der Waals surface area contributed by atoms with Gasteiger partial charge < -0.3 is 4.74 Å². The molecule has 3 aromatic rings. The molecule has 2 aromatic carbocycles. The first kappa shape index (κ1) is 15.3. The van der Waals surface area contributed by atoms with Crippen LogP contribution in [0, 0.1) is 13.8 Å². The molecule has 118 valence electrons. The Morgan fingerprint density at radius 2 is 1.70 bits per heavy atom. The summed E-state index contributed by atoms with van der Waals surface area (Å²) < 4.78 is 7.35. The van der Waals surface area contributed by atoms with E-state index in [1.807, 2.05) is 12.1 Å². The normalized spacial score (nSPS) is 10.8. The van der Waals surface area contributed by atoms with Gasteiger partial charge in [-0.1, -0.05) is 25.1 Å². The summed E-state index contributed by atoms with van der Waals surface area (Å²) >= 11 is 0. The van der Waals surface area contributed by atoms with Crippen LogP contribution < -0.4 is 4.74 Å². The molecule has 3 nitrogen and oxygen atoms in total. The molecule has 0 fully saturated rings. The van der Waals surface area contributed by atoms with Gasteiger partial charge in [0.2, 0.25) is 0 Å². The number of aromatic nitrogens is 2. The summed E-state index contributed by atoms with van der Waals surface area (Å²) in [5.41, 5.74) is 7.02. The van der Waals surface area contributed by atoms with Crippen LogP contribution in [0.4, 0.5) is 0 Å². The van der Waals surface area contributed by atoms with E-state index in [1.54, 1.807) is 7.11 Å². The van der Waals surface area contributed by atoms with Crippen molar-refractivity contribution in [2.75, 3.05) is 7.11 Å². The molecule has 0 N–H and O–H groups in total. The maximum absolute atomic E-state index is 5.27. The fourth-order valence-corrected chi connectivity index (χ4v) is 2.94. The Labute approximate surface area is 137 Å². The zero-order chi connectivity index (χ0) is 16.4. The topological polar surface area (TPSA) is 27.1 Å². The number of benzene rings is 2. The molecule has 0 aliphatic heterocycles.